The summed E-state index contributed by atoms with van der Waals surface area (Å²) in [4.78, 5) is 10.6. The number of thioether (sulfide) groups is 1. The van der Waals surface area contributed by atoms with Gasteiger partial charge in [-0.15, -0.1) is 11.8 Å². The number of benzene rings is 1. The molecule has 0 amide bonds. The van der Waals surface area contributed by atoms with Crippen molar-refractivity contribution in [3.8, 4) is 0 Å². The average molecular weight is 301 g/mol. The smallest absolute Gasteiger partial charge is 0.139 e. The topological polar surface area (TPSA) is 37.8 Å². The van der Waals surface area contributed by atoms with E-state index in [2.05, 4.69) is 53.4 Å². The molecular formula is C17H23N3S. The Morgan fingerprint density at radius 1 is 1.05 bits per heavy atom. The van der Waals surface area contributed by atoms with Gasteiger partial charge in [-0.2, -0.15) is 0 Å². The van der Waals surface area contributed by atoms with Crippen LogP contribution in [0.15, 0.2) is 35.2 Å². The van der Waals surface area contributed by atoms with E-state index in [1.165, 1.54) is 10.5 Å². The third kappa shape index (κ3) is 4.83. The van der Waals surface area contributed by atoms with Crippen molar-refractivity contribution in [2.24, 2.45) is 0 Å². The van der Waals surface area contributed by atoms with Gasteiger partial charge in [0.1, 0.15) is 5.82 Å². The van der Waals surface area contributed by atoms with Gasteiger partial charge in [0.2, 0.25) is 0 Å². The van der Waals surface area contributed by atoms with Gasteiger partial charge in [-0.05, 0) is 58.0 Å². The number of nitrogens with one attached hydrogen (secondary N) is 1. The molecule has 1 aromatic carbocycles. The van der Waals surface area contributed by atoms with Crippen molar-refractivity contribution in [2.75, 3.05) is 13.6 Å². The largest absolute Gasteiger partial charge is 0.320 e. The van der Waals surface area contributed by atoms with Crippen molar-refractivity contribution in [2.45, 2.75) is 37.3 Å². The van der Waals surface area contributed by atoms with E-state index in [-0.39, 0.29) is 0 Å². The molecule has 0 atom stereocenters. The van der Waals surface area contributed by atoms with Gasteiger partial charge in [-0.25, -0.2) is 9.97 Å². The number of rotatable bonds is 7. The quantitative estimate of drug-likeness (QED) is 0.627. The predicted octanol–water partition coefficient (Wildman–Crippen LogP) is 3.54. The first kappa shape index (κ1) is 16.0. The van der Waals surface area contributed by atoms with Crippen molar-refractivity contribution in [1.82, 2.24) is 15.3 Å². The summed E-state index contributed by atoms with van der Waals surface area (Å²) < 4.78 is 0. The molecule has 1 N–H and O–H groups in total. The molecule has 0 saturated carbocycles. The fraction of sp³-hybridized carbons (Fsp3) is 0.412. The molecule has 1 heterocycles. The normalized spacial score (nSPS) is 10.8. The maximum atomic E-state index is 4.68. The molecule has 0 unspecified atom stereocenters. The molecule has 0 fully saturated rings. The lowest BCUT2D eigenvalue weighted by molar-refractivity contribution is 0.713. The van der Waals surface area contributed by atoms with Crippen molar-refractivity contribution in [3.05, 3.63) is 53.1 Å². The third-order valence-electron chi connectivity index (χ3n) is 3.43. The molecule has 0 aliphatic heterocycles. The molecule has 112 valence electrons. The Bertz CT molecular complexity index is 546. The second kappa shape index (κ2) is 8.15. The molecule has 0 aliphatic carbocycles. The second-order valence-corrected chi connectivity index (χ2v) is 6.15. The Morgan fingerprint density at radius 3 is 2.33 bits per heavy atom. The van der Waals surface area contributed by atoms with Gasteiger partial charge in [0.15, 0.2) is 0 Å². The van der Waals surface area contributed by atoms with E-state index in [1.807, 2.05) is 13.1 Å². The fourth-order valence-corrected chi connectivity index (χ4v) is 3.12. The molecule has 0 saturated heterocycles. The van der Waals surface area contributed by atoms with Gasteiger partial charge in [0.25, 0.3) is 0 Å². The molecule has 3 nitrogen and oxygen atoms in total. The summed E-state index contributed by atoms with van der Waals surface area (Å²) >= 11 is 1.78. The molecule has 21 heavy (non-hydrogen) atoms. The lowest BCUT2D eigenvalue weighted by Crippen LogP contribution is -2.11. The van der Waals surface area contributed by atoms with Crippen LogP contribution in [0.25, 0.3) is 0 Å². The van der Waals surface area contributed by atoms with E-state index < -0.39 is 0 Å². The highest BCUT2D eigenvalue weighted by Gasteiger charge is 2.08. The molecule has 0 aliphatic rings. The van der Waals surface area contributed by atoms with Gasteiger partial charge in [0.05, 0.1) is 5.75 Å². The van der Waals surface area contributed by atoms with Crippen LogP contribution >= 0.6 is 11.8 Å². The minimum absolute atomic E-state index is 0.822. The fourth-order valence-electron chi connectivity index (χ4n) is 2.34. The van der Waals surface area contributed by atoms with E-state index in [9.17, 15) is 0 Å². The van der Waals surface area contributed by atoms with Crippen LogP contribution in [0, 0.1) is 13.8 Å². The summed E-state index contributed by atoms with van der Waals surface area (Å²) in [5.41, 5.74) is 3.56. The molecule has 0 bridgehead atoms. The van der Waals surface area contributed by atoms with Crippen LogP contribution in [0.4, 0.5) is 0 Å². The highest BCUT2D eigenvalue weighted by atomic mass is 32.2. The Hall–Kier alpha value is -1.39. The SMILES string of the molecule is CNCCCc1c(C)nc(CSc2ccccc2)nc1C. The van der Waals surface area contributed by atoms with E-state index in [4.69, 9.17) is 0 Å². The van der Waals surface area contributed by atoms with E-state index in [1.54, 1.807) is 11.8 Å². The molecule has 4 heteroatoms. The maximum Gasteiger partial charge on any atom is 0.139 e. The summed E-state index contributed by atoms with van der Waals surface area (Å²) in [6.45, 7) is 5.23. The number of nitrogens with zero attached hydrogens (tertiary/aromatic N) is 2. The van der Waals surface area contributed by atoms with Crippen molar-refractivity contribution in [3.63, 3.8) is 0 Å². The Morgan fingerprint density at radius 2 is 1.71 bits per heavy atom. The minimum atomic E-state index is 0.822. The summed E-state index contributed by atoms with van der Waals surface area (Å²) in [5, 5.41) is 3.18. The molecule has 2 rings (SSSR count). The maximum absolute atomic E-state index is 4.68. The number of aromatic nitrogens is 2. The molecular weight excluding hydrogens is 278 g/mol. The van der Waals surface area contributed by atoms with E-state index >= 15 is 0 Å². The van der Waals surface area contributed by atoms with Crippen molar-refractivity contribution < 1.29 is 0 Å². The van der Waals surface area contributed by atoms with Crippen LogP contribution in [-0.2, 0) is 12.2 Å². The first-order valence-corrected chi connectivity index (χ1v) is 8.34. The zero-order valence-electron chi connectivity index (χ0n) is 13.0. The minimum Gasteiger partial charge on any atom is -0.320 e. The Labute approximate surface area is 131 Å². The highest BCUT2D eigenvalue weighted by Crippen LogP contribution is 2.22. The second-order valence-electron chi connectivity index (χ2n) is 5.10. The summed E-state index contributed by atoms with van der Waals surface area (Å²) in [6, 6.07) is 10.4. The van der Waals surface area contributed by atoms with Crippen molar-refractivity contribution in [1.29, 1.82) is 0 Å². The first-order chi connectivity index (χ1) is 10.2. The molecule has 2 aromatic rings. The number of aryl methyl sites for hydroxylation is 2. The van der Waals surface area contributed by atoms with Crippen molar-refractivity contribution >= 4 is 11.8 Å². The van der Waals surface area contributed by atoms with Crippen LogP contribution < -0.4 is 5.32 Å². The van der Waals surface area contributed by atoms with Crippen LogP contribution in [0.1, 0.15) is 29.2 Å². The number of hydrogen-bond donors (Lipinski definition) is 1. The average Bonchev–Trinajstić information content (AvgIpc) is 2.49. The zero-order valence-corrected chi connectivity index (χ0v) is 13.8. The summed E-state index contributed by atoms with van der Waals surface area (Å²) in [6.07, 6.45) is 2.17. The third-order valence-corrected chi connectivity index (χ3v) is 4.44. The standard InChI is InChI=1S/C17H23N3S/c1-13-16(10-7-11-18-3)14(2)20-17(19-13)12-21-15-8-5-4-6-9-15/h4-6,8-9,18H,7,10-12H2,1-3H3. The van der Waals surface area contributed by atoms with Crippen LogP contribution in [-0.4, -0.2) is 23.6 Å². The predicted molar refractivity (Wildman–Crippen MR) is 89.8 cm³/mol. The van der Waals surface area contributed by atoms with Gasteiger partial charge in [0, 0.05) is 16.3 Å². The van der Waals surface area contributed by atoms with Gasteiger partial charge >= 0.3 is 0 Å². The van der Waals surface area contributed by atoms with Gasteiger partial charge in [-0.3, -0.25) is 0 Å². The number of hydrogen-bond acceptors (Lipinski definition) is 4. The van der Waals surface area contributed by atoms with E-state index in [0.29, 0.717) is 0 Å². The molecule has 0 radical (unpaired) electrons. The van der Waals surface area contributed by atoms with Gasteiger partial charge in [-0.1, -0.05) is 18.2 Å². The monoisotopic (exact) mass is 301 g/mol. The Balaban J connectivity index is 2.01. The summed E-state index contributed by atoms with van der Waals surface area (Å²) in [7, 11) is 1.99. The summed E-state index contributed by atoms with van der Waals surface area (Å²) in [5.74, 6) is 1.75. The molecule has 0 spiro atoms. The lowest BCUT2D eigenvalue weighted by atomic mass is 10.1. The van der Waals surface area contributed by atoms with Crippen LogP contribution in [0.2, 0.25) is 0 Å². The zero-order chi connectivity index (χ0) is 15.1. The van der Waals surface area contributed by atoms with Gasteiger partial charge < -0.3 is 5.32 Å². The first-order valence-electron chi connectivity index (χ1n) is 7.36. The lowest BCUT2D eigenvalue weighted by Gasteiger charge is -2.11. The van der Waals surface area contributed by atoms with Crippen LogP contribution in [0.5, 0.6) is 0 Å². The van der Waals surface area contributed by atoms with E-state index in [0.717, 1.165) is 42.4 Å². The molecule has 1 aromatic heterocycles. The van der Waals surface area contributed by atoms with Crippen LogP contribution in [0.3, 0.4) is 0 Å². The Kier molecular flexibility index (Phi) is 6.21. The highest BCUT2D eigenvalue weighted by molar-refractivity contribution is 7.98.